The highest BCUT2D eigenvalue weighted by Crippen LogP contribution is 2.23. The fraction of sp³-hybridized carbons (Fsp3) is 0.462. The normalized spacial score (nSPS) is 16.3. The van der Waals surface area contributed by atoms with Crippen LogP contribution in [0.5, 0.6) is 0 Å². The summed E-state index contributed by atoms with van der Waals surface area (Å²) < 4.78 is 13.3. The molecule has 1 N–H and O–H groups in total. The highest BCUT2D eigenvalue weighted by atomic mass is 19.1. The lowest BCUT2D eigenvalue weighted by Crippen LogP contribution is -2.48. The summed E-state index contributed by atoms with van der Waals surface area (Å²) >= 11 is 0. The largest absolute Gasteiger partial charge is 0.360 e. The minimum Gasteiger partial charge on any atom is -0.360 e. The zero-order valence-corrected chi connectivity index (χ0v) is 10.7. The van der Waals surface area contributed by atoms with Gasteiger partial charge in [-0.1, -0.05) is 0 Å². The van der Waals surface area contributed by atoms with Crippen molar-refractivity contribution in [3.8, 4) is 0 Å². The molecule has 1 aliphatic rings. The summed E-state index contributed by atoms with van der Waals surface area (Å²) in [5, 5.41) is 3.02. The summed E-state index contributed by atoms with van der Waals surface area (Å²) in [5.41, 5.74) is 1.82. The third-order valence-corrected chi connectivity index (χ3v) is 3.21. The van der Waals surface area contributed by atoms with Crippen LogP contribution in [0.1, 0.15) is 5.56 Å². The Morgan fingerprint density at radius 3 is 2.83 bits per heavy atom. The molecule has 1 aromatic rings. The molecule has 0 spiro atoms. The Hall–Kier alpha value is -1.62. The van der Waals surface area contributed by atoms with Crippen LogP contribution in [0.15, 0.2) is 18.2 Å². The maximum atomic E-state index is 13.3. The number of carbonyl (C=O) groups is 1. The van der Waals surface area contributed by atoms with Crippen LogP contribution >= 0.6 is 0 Å². The third kappa shape index (κ3) is 2.61. The van der Waals surface area contributed by atoms with Crippen LogP contribution in [0.4, 0.5) is 10.1 Å². The number of piperazine rings is 1. The molecule has 0 saturated carbocycles. The van der Waals surface area contributed by atoms with E-state index in [4.69, 9.17) is 0 Å². The summed E-state index contributed by atoms with van der Waals surface area (Å²) in [6, 6.07) is 4.71. The van der Waals surface area contributed by atoms with E-state index in [1.165, 1.54) is 12.1 Å². The number of likely N-dealkylation sites (N-methyl/N-ethyl adjacent to an activating group) is 1. The van der Waals surface area contributed by atoms with Crippen molar-refractivity contribution in [2.24, 2.45) is 0 Å². The summed E-state index contributed by atoms with van der Waals surface area (Å²) in [5.74, 6) is -0.148. The van der Waals surface area contributed by atoms with Gasteiger partial charge in [0, 0.05) is 32.4 Å². The molecule has 0 radical (unpaired) electrons. The lowest BCUT2D eigenvalue weighted by atomic mass is 10.1. The Morgan fingerprint density at radius 2 is 2.17 bits per heavy atom. The SMILES string of the molecule is CNCc1cc(F)ccc1N1CCN(C)C(=O)C1. The van der Waals surface area contributed by atoms with Gasteiger partial charge in [-0.15, -0.1) is 0 Å². The molecule has 1 amide bonds. The third-order valence-electron chi connectivity index (χ3n) is 3.21. The van der Waals surface area contributed by atoms with E-state index < -0.39 is 0 Å². The van der Waals surface area contributed by atoms with Gasteiger partial charge in [0.2, 0.25) is 5.91 Å². The van der Waals surface area contributed by atoms with Crippen molar-refractivity contribution in [1.29, 1.82) is 0 Å². The van der Waals surface area contributed by atoms with E-state index in [-0.39, 0.29) is 11.7 Å². The number of halogens is 1. The first-order chi connectivity index (χ1) is 8.61. The monoisotopic (exact) mass is 251 g/mol. The molecule has 18 heavy (non-hydrogen) atoms. The Bertz CT molecular complexity index is 450. The lowest BCUT2D eigenvalue weighted by molar-refractivity contribution is -0.129. The predicted octanol–water partition coefficient (Wildman–Crippen LogP) is 0.823. The quantitative estimate of drug-likeness (QED) is 0.864. The van der Waals surface area contributed by atoms with Crippen molar-refractivity contribution in [1.82, 2.24) is 10.2 Å². The number of hydrogen-bond acceptors (Lipinski definition) is 3. The average Bonchev–Trinajstić information content (AvgIpc) is 2.34. The first-order valence-corrected chi connectivity index (χ1v) is 6.03. The van der Waals surface area contributed by atoms with Crippen molar-refractivity contribution in [2.45, 2.75) is 6.54 Å². The van der Waals surface area contributed by atoms with Gasteiger partial charge in [0.15, 0.2) is 0 Å². The molecule has 1 saturated heterocycles. The molecule has 4 nitrogen and oxygen atoms in total. The fourth-order valence-electron chi connectivity index (χ4n) is 2.16. The second kappa shape index (κ2) is 5.35. The van der Waals surface area contributed by atoms with Crippen molar-refractivity contribution >= 4 is 11.6 Å². The van der Waals surface area contributed by atoms with Gasteiger partial charge < -0.3 is 15.1 Å². The molecule has 2 rings (SSSR count). The van der Waals surface area contributed by atoms with Crippen molar-refractivity contribution < 1.29 is 9.18 Å². The van der Waals surface area contributed by atoms with Gasteiger partial charge in [0.05, 0.1) is 6.54 Å². The zero-order valence-electron chi connectivity index (χ0n) is 10.7. The van der Waals surface area contributed by atoms with E-state index in [9.17, 15) is 9.18 Å². The summed E-state index contributed by atoms with van der Waals surface area (Å²) in [6.07, 6.45) is 0. The van der Waals surface area contributed by atoms with Gasteiger partial charge >= 0.3 is 0 Å². The van der Waals surface area contributed by atoms with Gasteiger partial charge in [-0.3, -0.25) is 4.79 Å². The van der Waals surface area contributed by atoms with E-state index in [2.05, 4.69) is 5.32 Å². The second-order valence-corrected chi connectivity index (χ2v) is 4.54. The first kappa shape index (κ1) is 12.8. The summed E-state index contributed by atoms with van der Waals surface area (Å²) in [4.78, 5) is 15.4. The van der Waals surface area contributed by atoms with Crippen LogP contribution in [0.2, 0.25) is 0 Å². The minimum absolute atomic E-state index is 0.0981. The Labute approximate surface area is 106 Å². The Kier molecular flexibility index (Phi) is 3.81. The Balaban J connectivity index is 2.24. The van der Waals surface area contributed by atoms with E-state index in [1.807, 2.05) is 11.9 Å². The number of rotatable bonds is 3. The predicted molar refractivity (Wildman–Crippen MR) is 69.0 cm³/mol. The first-order valence-electron chi connectivity index (χ1n) is 6.03. The molecule has 1 heterocycles. The number of nitrogens with one attached hydrogen (secondary N) is 1. The molecule has 0 aliphatic carbocycles. The van der Waals surface area contributed by atoms with E-state index >= 15 is 0 Å². The maximum Gasteiger partial charge on any atom is 0.241 e. The number of hydrogen-bond donors (Lipinski definition) is 1. The van der Waals surface area contributed by atoms with Gasteiger partial charge in [-0.25, -0.2) is 4.39 Å². The lowest BCUT2D eigenvalue weighted by Gasteiger charge is -2.34. The van der Waals surface area contributed by atoms with E-state index in [0.717, 1.165) is 17.8 Å². The number of amides is 1. The maximum absolute atomic E-state index is 13.3. The van der Waals surface area contributed by atoms with Crippen molar-refractivity contribution in [3.63, 3.8) is 0 Å². The topological polar surface area (TPSA) is 35.6 Å². The van der Waals surface area contributed by atoms with Crippen LogP contribution in [0.3, 0.4) is 0 Å². The molecule has 0 atom stereocenters. The smallest absolute Gasteiger partial charge is 0.241 e. The molecular weight excluding hydrogens is 233 g/mol. The molecule has 1 fully saturated rings. The molecule has 1 aliphatic heterocycles. The number of nitrogens with zero attached hydrogens (tertiary/aromatic N) is 2. The molecule has 0 unspecified atom stereocenters. The van der Waals surface area contributed by atoms with Gasteiger partial charge in [-0.2, -0.15) is 0 Å². The van der Waals surface area contributed by atoms with Crippen LogP contribution in [-0.2, 0) is 11.3 Å². The van der Waals surface area contributed by atoms with Crippen molar-refractivity contribution in [3.05, 3.63) is 29.6 Å². The van der Waals surface area contributed by atoms with Crippen molar-refractivity contribution in [2.75, 3.05) is 38.6 Å². The van der Waals surface area contributed by atoms with E-state index in [1.54, 1.807) is 18.0 Å². The molecule has 0 aromatic heterocycles. The van der Waals surface area contributed by atoms with Gasteiger partial charge in [-0.05, 0) is 30.8 Å². The number of carbonyl (C=O) groups excluding carboxylic acids is 1. The standard InChI is InChI=1S/C13H18FN3O/c1-15-8-10-7-11(14)3-4-12(10)17-6-5-16(2)13(18)9-17/h3-4,7,15H,5-6,8-9H2,1-2H3. The fourth-order valence-corrected chi connectivity index (χ4v) is 2.16. The summed E-state index contributed by atoms with van der Waals surface area (Å²) in [7, 11) is 3.63. The highest BCUT2D eigenvalue weighted by molar-refractivity contribution is 5.82. The summed E-state index contributed by atoms with van der Waals surface area (Å²) in [6.45, 7) is 2.44. The molecule has 1 aromatic carbocycles. The van der Waals surface area contributed by atoms with Crippen LogP contribution < -0.4 is 10.2 Å². The zero-order chi connectivity index (χ0) is 13.1. The Morgan fingerprint density at radius 1 is 1.39 bits per heavy atom. The van der Waals surface area contributed by atoms with Crippen LogP contribution in [0.25, 0.3) is 0 Å². The van der Waals surface area contributed by atoms with Gasteiger partial charge in [0.25, 0.3) is 0 Å². The van der Waals surface area contributed by atoms with Crippen LogP contribution in [0, 0.1) is 5.82 Å². The minimum atomic E-state index is -0.246. The number of benzene rings is 1. The highest BCUT2D eigenvalue weighted by Gasteiger charge is 2.22. The number of anilines is 1. The molecule has 5 heteroatoms. The second-order valence-electron chi connectivity index (χ2n) is 4.54. The van der Waals surface area contributed by atoms with E-state index in [0.29, 0.717) is 19.6 Å². The van der Waals surface area contributed by atoms with Crippen LogP contribution in [-0.4, -0.2) is 44.5 Å². The molecule has 0 bridgehead atoms. The average molecular weight is 251 g/mol. The molecule has 98 valence electrons. The molecular formula is C13H18FN3O. The van der Waals surface area contributed by atoms with Gasteiger partial charge in [0.1, 0.15) is 5.82 Å².